The molecule has 0 saturated heterocycles. The first-order chi connectivity index (χ1) is 7.11. The zero-order valence-electron chi connectivity index (χ0n) is 8.70. The lowest BCUT2D eigenvalue weighted by Gasteiger charge is -2.18. The molecule has 0 saturated carbocycles. The van der Waals surface area contributed by atoms with Gasteiger partial charge in [0.05, 0.1) is 8.77 Å². The monoisotopic (exact) mass is 306 g/mol. The summed E-state index contributed by atoms with van der Waals surface area (Å²) in [5, 5.41) is 0. The van der Waals surface area contributed by atoms with Crippen LogP contribution in [0.15, 0.2) is 15.9 Å². The minimum Gasteiger partial charge on any atom is -0.393 e. The van der Waals surface area contributed by atoms with Gasteiger partial charge in [-0.1, -0.05) is 19.1 Å². The SMILES string of the molecule is CCN(CCC(N)=S)Cc1ccc(Br)s1. The van der Waals surface area contributed by atoms with Gasteiger partial charge in [0.1, 0.15) is 0 Å². The number of halogens is 1. The van der Waals surface area contributed by atoms with Gasteiger partial charge in [0.25, 0.3) is 0 Å². The van der Waals surface area contributed by atoms with E-state index in [2.05, 4.69) is 39.9 Å². The summed E-state index contributed by atoms with van der Waals surface area (Å²) >= 11 is 10.1. The maximum absolute atomic E-state index is 5.49. The van der Waals surface area contributed by atoms with E-state index in [0.29, 0.717) is 4.99 Å². The van der Waals surface area contributed by atoms with Crippen molar-refractivity contribution >= 4 is 44.5 Å². The molecule has 0 atom stereocenters. The molecule has 0 aromatic carbocycles. The van der Waals surface area contributed by atoms with Gasteiger partial charge < -0.3 is 5.73 Å². The second kappa shape index (κ2) is 6.58. The molecule has 0 spiro atoms. The van der Waals surface area contributed by atoms with Gasteiger partial charge in [-0.25, -0.2) is 0 Å². The first kappa shape index (κ1) is 13.1. The van der Waals surface area contributed by atoms with Crippen molar-refractivity contribution in [3.63, 3.8) is 0 Å². The summed E-state index contributed by atoms with van der Waals surface area (Å²) in [6.45, 7) is 5.11. The Bertz CT molecular complexity index is 325. The highest BCUT2D eigenvalue weighted by molar-refractivity contribution is 9.11. The molecule has 0 aliphatic heterocycles. The van der Waals surface area contributed by atoms with E-state index in [1.807, 2.05) is 0 Å². The zero-order valence-corrected chi connectivity index (χ0v) is 11.9. The highest BCUT2D eigenvalue weighted by atomic mass is 79.9. The average molecular weight is 307 g/mol. The Morgan fingerprint density at radius 2 is 2.33 bits per heavy atom. The normalized spacial score (nSPS) is 10.9. The van der Waals surface area contributed by atoms with E-state index < -0.39 is 0 Å². The van der Waals surface area contributed by atoms with Crippen LogP contribution in [0.4, 0.5) is 0 Å². The van der Waals surface area contributed by atoms with Crippen molar-refractivity contribution < 1.29 is 0 Å². The Kier molecular flexibility index (Phi) is 5.74. The molecule has 0 radical (unpaired) electrons. The standard InChI is InChI=1S/C10H15BrN2S2/c1-2-13(6-5-10(12)14)7-8-3-4-9(11)15-8/h3-4H,2,5-7H2,1H3,(H2,12,14). The van der Waals surface area contributed by atoms with Crippen LogP contribution in [-0.2, 0) is 6.54 Å². The van der Waals surface area contributed by atoms with Crippen LogP contribution < -0.4 is 5.73 Å². The maximum atomic E-state index is 5.49. The number of thiophene rings is 1. The van der Waals surface area contributed by atoms with Crippen molar-refractivity contribution in [3.05, 3.63) is 20.8 Å². The summed E-state index contributed by atoms with van der Waals surface area (Å²) in [5.41, 5.74) is 5.49. The third kappa shape index (κ3) is 5.06. The molecule has 1 aromatic rings. The predicted molar refractivity (Wildman–Crippen MR) is 74.4 cm³/mol. The van der Waals surface area contributed by atoms with Gasteiger partial charge in [-0.2, -0.15) is 0 Å². The van der Waals surface area contributed by atoms with Crippen molar-refractivity contribution in [2.45, 2.75) is 19.9 Å². The lowest BCUT2D eigenvalue weighted by Crippen LogP contribution is -2.26. The molecule has 84 valence electrons. The molecule has 0 bridgehead atoms. The number of nitrogens with zero attached hydrogens (tertiary/aromatic N) is 1. The highest BCUT2D eigenvalue weighted by Crippen LogP contribution is 2.23. The third-order valence-electron chi connectivity index (χ3n) is 2.13. The molecule has 5 heteroatoms. The number of nitrogens with two attached hydrogens (primary N) is 1. The van der Waals surface area contributed by atoms with Crippen molar-refractivity contribution in [2.24, 2.45) is 5.73 Å². The number of thiocarbonyl (C=S) groups is 1. The van der Waals surface area contributed by atoms with E-state index in [4.69, 9.17) is 18.0 Å². The molecule has 2 N–H and O–H groups in total. The van der Waals surface area contributed by atoms with E-state index >= 15 is 0 Å². The van der Waals surface area contributed by atoms with Crippen LogP contribution in [-0.4, -0.2) is 23.0 Å². The van der Waals surface area contributed by atoms with Crippen LogP contribution in [0.3, 0.4) is 0 Å². The van der Waals surface area contributed by atoms with Crippen molar-refractivity contribution in [1.82, 2.24) is 4.90 Å². The molecule has 0 fully saturated rings. The number of hydrogen-bond donors (Lipinski definition) is 1. The lowest BCUT2D eigenvalue weighted by molar-refractivity contribution is 0.291. The van der Waals surface area contributed by atoms with E-state index in [-0.39, 0.29) is 0 Å². The van der Waals surface area contributed by atoms with E-state index in [1.54, 1.807) is 11.3 Å². The highest BCUT2D eigenvalue weighted by Gasteiger charge is 2.05. The quantitative estimate of drug-likeness (QED) is 0.819. The molecule has 0 aliphatic carbocycles. The van der Waals surface area contributed by atoms with Crippen LogP contribution >= 0.6 is 39.5 Å². The molecule has 1 heterocycles. The lowest BCUT2D eigenvalue weighted by atomic mass is 10.3. The molecule has 0 aliphatic rings. The minimum atomic E-state index is 0.598. The van der Waals surface area contributed by atoms with Gasteiger partial charge in [-0.05, 0) is 34.6 Å². The van der Waals surface area contributed by atoms with Gasteiger partial charge >= 0.3 is 0 Å². The fourth-order valence-corrected chi connectivity index (χ4v) is 2.89. The Hall–Kier alpha value is 0.0300. The van der Waals surface area contributed by atoms with E-state index in [0.717, 1.165) is 26.1 Å². The fourth-order valence-electron chi connectivity index (χ4n) is 1.27. The van der Waals surface area contributed by atoms with Gasteiger partial charge in [0.2, 0.25) is 0 Å². The molecule has 1 rings (SSSR count). The van der Waals surface area contributed by atoms with Crippen LogP contribution in [0.1, 0.15) is 18.2 Å². The van der Waals surface area contributed by atoms with Crippen molar-refractivity contribution in [3.8, 4) is 0 Å². The summed E-state index contributed by atoms with van der Waals surface area (Å²) in [4.78, 5) is 4.31. The first-order valence-electron chi connectivity index (χ1n) is 4.86. The summed E-state index contributed by atoms with van der Waals surface area (Å²) in [6.07, 6.45) is 0.801. The van der Waals surface area contributed by atoms with Crippen LogP contribution in [0.25, 0.3) is 0 Å². The Morgan fingerprint density at radius 1 is 1.60 bits per heavy atom. The molecular formula is C10H15BrN2S2. The second-order valence-corrected chi connectivity index (χ2v) is 6.36. The topological polar surface area (TPSA) is 29.3 Å². The largest absolute Gasteiger partial charge is 0.393 e. The fraction of sp³-hybridized carbons (Fsp3) is 0.500. The van der Waals surface area contributed by atoms with Gasteiger partial charge in [-0.3, -0.25) is 4.90 Å². The summed E-state index contributed by atoms with van der Waals surface area (Å²) < 4.78 is 1.18. The van der Waals surface area contributed by atoms with Crippen LogP contribution in [0.5, 0.6) is 0 Å². The van der Waals surface area contributed by atoms with Gasteiger partial charge in [-0.15, -0.1) is 11.3 Å². The van der Waals surface area contributed by atoms with E-state index in [1.165, 1.54) is 8.66 Å². The van der Waals surface area contributed by atoms with Crippen LogP contribution in [0.2, 0.25) is 0 Å². The molecule has 15 heavy (non-hydrogen) atoms. The molecule has 2 nitrogen and oxygen atoms in total. The van der Waals surface area contributed by atoms with Crippen molar-refractivity contribution in [2.75, 3.05) is 13.1 Å². The van der Waals surface area contributed by atoms with Gasteiger partial charge in [0, 0.05) is 24.4 Å². The minimum absolute atomic E-state index is 0.598. The second-order valence-electron chi connectivity index (χ2n) is 3.29. The third-order valence-corrected chi connectivity index (χ3v) is 3.94. The van der Waals surface area contributed by atoms with Gasteiger partial charge in [0.15, 0.2) is 0 Å². The Balaban J connectivity index is 2.42. The smallest absolute Gasteiger partial charge is 0.0740 e. The first-order valence-corrected chi connectivity index (χ1v) is 6.88. The van der Waals surface area contributed by atoms with Crippen molar-refractivity contribution in [1.29, 1.82) is 0 Å². The average Bonchev–Trinajstić information content (AvgIpc) is 2.58. The maximum Gasteiger partial charge on any atom is 0.0740 e. The molecular weight excluding hydrogens is 292 g/mol. The molecule has 0 amide bonds. The number of hydrogen-bond acceptors (Lipinski definition) is 3. The molecule has 1 aromatic heterocycles. The molecule has 0 unspecified atom stereocenters. The number of rotatable bonds is 6. The zero-order chi connectivity index (χ0) is 11.3. The Labute approximate surface area is 109 Å². The van der Waals surface area contributed by atoms with E-state index in [9.17, 15) is 0 Å². The summed E-state index contributed by atoms with van der Waals surface area (Å²) in [7, 11) is 0. The summed E-state index contributed by atoms with van der Waals surface area (Å²) in [5.74, 6) is 0. The summed E-state index contributed by atoms with van der Waals surface area (Å²) in [6, 6.07) is 4.24. The predicted octanol–water partition coefficient (Wildman–Crippen LogP) is 3.01. The van der Waals surface area contributed by atoms with Crippen LogP contribution in [0, 0.1) is 0 Å². The Morgan fingerprint density at radius 3 is 2.80 bits per heavy atom.